The first kappa shape index (κ1) is 21.9. The fourth-order valence-electron chi connectivity index (χ4n) is 4.31. The lowest BCUT2D eigenvalue weighted by atomic mass is 10.0. The van der Waals surface area contributed by atoms with E-state index in [1.54, 1.807) is 42.5 Å². The van der Waals surface area contributed by atoms with Gasteiger partial charge in [0.2, 0.25) is 0 Å². The van der Waals surface area contributed by atoms with Gasteiger partial charge in [-0.3, -0.25) is 9.59 Å². The molecular formula is C29H23ClN2O2. The van der Waals surface area contributed by atoms with Crippen molar-refractivity contribution in [1.29, 1.82) is 0 Å². The van der Waals surface area contributed by atoms with Crippen molar-refractivity contribution in [2.45, 2.75) is 13.0 Å². The van der Waals surface area contributed by atoms with Gasteiger partial charge >= 0.3 is 0 Å². The number of halogens is 1. The quantitative estimate of drug-likeness (QED) is 0.335. The predicted molar refractivity (Wildman–Crippen MR) is 137 cm³/mol. The Morgan fingerprint density at radius 3 is 2.35 bits per heavy atom. The van der Waals surface area contributed by atoms with Gasteiger partial charge in [-0.1, -0.05) is 72.3 Å². The molecular weight excluding hydrogens is 444 g/mol. The van der Waals surface area contributed by atoms with Crippen molar-refractivity contribution in [3.05, 3.63) is 130 Å². The van der Waals surface area contributed by atoms with E-state index in [9.17, 15) is 9.59 Å². The maximum Gasteiger partial charge on any atom is 0.255 e. The standard InChI is InChI=1S/C29H23ClN2O2/c30-24-14-15-26(25(18-24)28(33)22-7-2-1-3-8-22)31-29(34)23-12-10-20(11-13-23)19-32-17-16-21-6-4-5-9-27(21)32/h1-15,18H,16-17,19H2,(H,31,34). The minimum Gasteiger partial charge on any atom is -0.367 e. The summed E-state index contributed by atoms with van der Waals surface area (Å²) in [6, 6.07) is 29.9. The summed E-state index contributed by atoms with van der Waals surface area (Å²) >= 11 is 6.15. The highest BCUT2D eigenvalue weighted by atomic mass is 35.5. The summed E-state index contributed by atoms with van der Waals surface area (Å²) in [5.41, 5.74) is 5.65. The average molecular weight is 467 g/mol. The molecule has 0 radical (unpaired) electrons. The van der Waals surface area contributed by atoms with Gasteiger partial charge < -0.3 is 10.2 Å². The summed E-state index contributed by atoms with van der Waals surface area (Å²) in [5, 5.41) is 3.32. The van der Waals surface area contributed by atoms with Crippen molar-refractivity contribution in [3.63, 3.8) is 0 Å². The molecule has 0 fully saturated rings. The maximum absolute atomic E-state index is 13.0. The zero-order chi connectivity index (χ0) is 23.5. The van der Waals surface area contributed by atoms with E-state index < -0.39 is 0 Å². The highest BCUT2D eigenvalue weighted by molar-refractivity contribution is 6.31. The zero-order valence-corrected chi connectivity index (χ0v) is 19.3. The van der Waals surface area contributed by atoms with Crippen LogP contribution >= 0.6 is 11.6 Å². The van der Waals surface area contributed by atoms with Crippen LogP contribution in [0.15, 0.2) is 97.1 Å². The third-order valence-corrected chi connectivity index (χ3v) is 6.32. The normalized spacial score (nSPS) is 12.3. The molecule has 5 heteroatoms. The molecule has 0 atom stereocenters. The Hall–Kier alpha value is -3.89. The van der Waals surface area contributed by atoms with Crippen LogP contribution in [0.4, 0.5) is 11.4 Å². The van der Waals surface area contributed by atoms with Crippen molar-refractivity contribution in [2.24, 2.45) is 0 Å². The molecule has 0 aromatic heterocycles. The molecule has 5 rings (SSSR count). The van der Waals surface area contributed by atoms with E-state index in [-0.39, 0.29) is 11.7 Å². The van der Waals surface area contributed by atoms with E-state index in [4.69, 9.17) is 11.6 Å². The first-order valence-corrected chi connectivity index (χ1v) is 11.6. The van der Waals surface area contributed by atoms with Gasteiger partial charge in [0.15, 0.2) is 5.78 Å². The molecule has 0 aliphatic carbocycles. The van der Waals surface area contributed by atoms with Crippen LogP contribution in [0.1, 0.15) is 37.4 Å². The fraction of sp³-hybridized carbons (Fsp3) is 0.103. The van der Waals surface area contributed by atoms with E-state index >= 15 is 0 Å². The Morgan fingerprint density at radius 1 is 0.824 bits per heavy atom. The Labute approximate surface area is 203 Å². The second-order valence-electron chi connectivity index (χ2n) is 8.34. The van der Waals surface area contributed by atoms with Crippen LogP contribution in [0.3, 0.4) is 0 Å². The minimum absolute atomic E-state index is 0.195. The monoisotopic (exact) mass is 466 g/mol. The Kier molecular flexibility index (Phi) is 6.15. The van der Waals surface area contributed by atoms with Crippen molar-refractivity contribution in [1.82, 2.24) is 0 Å². The number of rotatable bonds is 6. The van der Waals surface area contributed by atoms with Crippen molar-refractivity contribution in [2.75, 3.05) is 16.8 Å². The van der Waals surface area contributed by atoms with E-state index in [0.717, 1.165) is 25.1 Å². The van der Waals surface area contributed by atoms with Gasteiger partial charge in [-0.25, -0.2) is 0 Å². The number of carbonyl (C=O) groups is 2. The van der Waals surface area contributed by atoms with Gasteiger partial charge in [-0.15, -0.1) is 0 Å². The summed E-state index contributed by atoms with van der Waals surface area (Å²) in [6.07, 6.45) is 1.06. The molecule has 168 valence electrons. The number of amides is 1. The lowest BCUT2D eigenvalue weighted by Gasteiger charge is -2.19. The fourth-order valence-corrected chi connectivity index (χ4v) is 4.48. The van der Waals surface area contributed by atoms with E-state index in [1.807, 2.05) is 30.3 Å². The Balaban J connectivity index is 1.31. The van der Waals surface area contributed by atoms with E-state index in [0.29, 0.717) is 27.4 Å². The van der Waals surface area contributed by atoms with Crippen LogP contribution in [0.2, 0.25) is 5.02 Å². The van der Waals surface area contributed by atoms with Gasteiger partial charge in [-0.2, -0.15) is 0 Å². The number of para-hydroxylation sites is 1. The number of nitrogens with zero attached hydrogens (tertiary/aromatic N) is 1. The molecule has 1 N–H and O–H groups in total. The predicted octanol–water partition coefficient (Wildman–Crippen LogP) is 6.39. The summed E-state index contributed by atoms with van der Waals surface area (Å²) in [4.78, 5) is 28.3. The zero-order valence-electron chi connectivity index (χ0n) is 18.5. The van der Waals surface area contributed by atoms with E-state index in [1.165, 1.54) is 11.3 Å². The Bertz CT molecular complexity index is 1350. The molecule has 1 aliphatic rings. The molecule has 1 heterocycles. The number of ketones is 1. The molecule has 0 saturated carbocycles. The molecule has 4 aromatic carbocycles. The SMILES string of the molecule is O=C(Nc1ccc(Cl)cc1C(=O)c1ccccc1)c1ccc(CN2CCc3ccccc32)cc1. The van der Waals surface area contributed by atoms with Crippen LogP contribution in [0.25, 0.3) is 0 Å². The highest BCUT2D eigenvalue weighted by Crippen LogP contribution is 2.29. The molecule has 0 unspecified atom stereocenters. The van der Waals surface area contributed by atoms with Crippen LogP contribution in [0, 0.1) is 0 Å². The van der Waals surface area contributed by atoms with Gasteiger partial charge in [0.05, 0.1) is 5.69 Å². The molecule has 4 aromatic rings. The van der Waals surface area contributed by atoms with Gasteiger partial charge in [0.25, 0.3) is 5.91 Å². The van der Waals surface area contributed by atoms with Crippen molar-refractivity contribution >= 4 is 34.7 Å². The highest BCUT2D eigenvalue weighted by Gasteiger charge is 2.19. The lowest BCUT2D eigenvalue weighted by Crippen LogP contribution is -2.20. The summed E-state index contributed by atoms with van der Waals surface area (Å²) < 4.78 is 0. The van der Waals surface area contributed by atoms with Crippen LogP contribution < -0.4 is 10.2 Å². The number of hydrogen-bond donors (Lipinski definition) is 1. The van der Waals surface area contributed by atoms with Gasteiger partial charge in [0.1, 0.15) is 0 Å². The average Bonchev–Trinajstić information content (AvgIpc) is 3.28. The largest absolute Gasteiger partial charge is 0.367 e. The molecule has 4 nitrogen and oxygen atoms in total. The number of carbonyl (C=O) groups excluding carboxylic acids is 2. The Morgan fingerprint density at radius 2 is 1.56 bits per heavy atom. The minimum atomic E-state index is -0.275. The molecule has 34 heavy (non-hydrogen) atoms. The third-order valence-electron chi connectivity index (χ3n) is 6.08. The number of hydrogen-bond acceptors (Lipinski definition) is 3. The molecule has 1 amide bonds. The van der Waals surface area contributed by atoms with Crippen molar-refractivity contribution < 1.29 is 9.59 Å². The summed E-state index contributed by atoms with van der Waals surface area (Å²) in [7, 11) is 0. The molecule has 1 aliphatic heterocycles. The van der Waals surface area contributed by atoms with Crippen LogP contribution in [-0.4, -0.2) is 18.2 Å². The topological polar surface area (TPSA) is 49.4 Å². The number of nitrogens with one attached hydrogen (secondary N) is 1. The molecule has 0 bridgehead atoms. The lowest BCUT2D eigenvalue weighted by molar-refractivity contribution is 0.102. The summed E-state index contributed by atoms with van der Waals surface area (Å²) in [5.74, 6) is -0.470. The first-order valence-electron chi connectivity index (χ1n) is 11.2. The first-order chi connectivity index (χ1) is 16.6. The number of fused-ring (bicyclic) bond motifs is 1. The summed E-state index contributed by atoms with van der Waals surface area (Å²) in [6.45, 7) is 1.79. The molecule has 0 saturated heterocycles. The van der Waals surface area contributed by atoms with E-state index in [2.05, 4.69) is 34.5 Å². The second-order valence-corrected chi connectivity index (χ2v) is 8.77. The van der Waals surface area contributed by atoms with Crippen LogP contribution in [-0.2, 0) is 13.0 Å². The third kappa shape index (κ3) is 4.59. The number of anilines is 2. The smallest absolute Gasteiger partial charge is 0.255 e. The van der Waals surface area contributed by atoms with Gasteiger partial charge in [0, 0.05) is 40.5 Å². The molecule has 0 spiro atoms. The van der Waals surface area contributed by atoms with Gasteiger partial charge in [-0.05, 0) is 53.9 Å². The maximum atomic E-state index is 13.0. The van der Waals surface area contributed by atoms with Crippen molar-refractivity contribution in [3.8, 4) is 0 Å². The second kappa shape index (κ2) is 9.54. The van der Waals surface area contributed by atoms with Crippen LogP contribution in [0.5, 0.6) is 0 Å². The number of benzene rings is 4.